The standard InChI is InChI=1S/C19H17FN4O4/c1-26-16-8-7-12(9-17(16)27-2)23-18(25)24-13-10-21-19(22-11-13)28-15-6-4-3-5-14(15)20/h3-11H,1-2H3,(H2,23,24,25). The average molecular weight is 384 g/mol. The van der Waals surface area contributed by atoms with Crippen molar-refractivity contribution >= 4 is 17.4 Å². The Labute approximate surface area is 160 Å². The van der Waals surface area contributed by atoms with Gasteiger partial charge in [0.15, 0.2) is 23.1 Å². The molecule has 0 atom stereocenters. The number of para-hydroxylation sites is 1. The van der Waals surface area contributed by atoms with Crippen molar-refractivity contribution in [1.82, 2.24) is 9.97 Å². The zero-order valence-electron chi connectivity index (χ0n) is 15.1. The Bertz CT molecular complexity index is 966. The van der Waals surface area contributed by atoms with Crippen LogP contribution in [0.25, 0.3) is 0 Å². The minimum absolute atomic E-state index is 0.00871. The fourth-order valence-electron chi connectivity index (χ4n) is 2.27. The molecule has 28 heavy (non-hydrogen) atoms. The second kappa shape index (κ2) is 8.67. The summed E-state index contributed by atoms with van der Waals surface area (Å²) in [5.74, 6) is 0.516. The molecule has 1 aromatic heterocycles. The first-order chi connectivity index (χ1) is 13.6. The summed E-state index contributed by atoms with van der Waals surface area (Å²) >= 11 is 0. The lowest BCUT2D eigenvalue weighted by molar-refractivity contribution is 0.262. The number of carbonyl (C=O) groups is 1. The molecule has 0 saturated carbocycles. The quantitative estimate of drug-likeness (QED) is 0.665. The number of amides is 2. The van der Waals surface area contributed by atoms with E-state index < -0.39 is 11.8 Å². The lowest BCUT2D eigenvalue weighted by atomic mass is 10.3. The zero-order chi connectivity index (χ0) is 19.9. The number of anilines is 2. The Kier molecular flexibility index (Phi) is 5.85. The lowest BCUT2D eigenvalue weighted by Crippen LogP contribution is -2.19. The van der Waals surface area contributed by atoms with Crippen LogP contribution in [0.2, 0.25) is 0 Å². The number of hydrogen-bond acceptors (Lipinski definition) is 6. The zero-order valence-corrected chi connectivity index (χ0v) is 15.1. The van der Waals surface area contributed by atoms with E-state index in [-0.39, 0.29) is 11.8 Å². The van der Waals surface area contributed by atoms with Crippen LogP contribution in [0.3, 0.4) is 0 Å². The highest BCUT2D eigenvalue weighted by Crippen LogP contribution is 2.29. The van der Waals surface area contributed by atoms with Crippen molar-refractivity contribution in [3.63, 3.8) is 0 Å². The minimum Gasteiger partial charge on any atom is -0.493 e. The Morgan fingerprint density at radius 2 is 1.57 bits per heavy atom. The van der Waals surface area contributed by atoms with Crippen LogP contribution in [0.4, 0.5) is 20.6 Å². The highest BCUT2D eigenvalue weighted by Gasteiger charge is 2.09. The second-order valence-corrected chi connectivity index (χ2v) is 5.44. The van der Waals surface area contributed by atoms with E-state index in [2.05, 4.69) is 20.6 Å². The Morgan fingerprint density at radius 1 is 0.893 bits per heavy atom. The van der Waals surface area contributed by atoms with Gasteiger partial charge in [0.05, 0.1) is 32.3 Å². The van der Waals surface area contributed by atoms with Gasteiger partial charge >= 0.3 is 12.0 Å². The molecule has 0 aliphatic rings. The third-order valence-electron chi connectivity index (χ3n) is 3.57. The molecule has 0 bridgehead atoms. The normalized spacial score (nSPS) is 10.1. The third-order valence-corrected chi connectivity index (χ3v) is 3.57. The molecule has 0 aliphatic carbocycles. The molecular weight excluding hydrogens is 367 g/mol. The van der Waals surface area contributed by atoms with E-state index in [4.69, 9.17) is 14.2 Å². The molecule has 2 aromatic carbocycles. The summed E-state index contributed by atoms with van der Waals surface area (Å²) in [5.41, 5.74) is 0.842. The lowest BCUT2D eigenvalue weighted by Gasteiger charge is -2.11. The van der Waals surface area contributed by atoms with Crippen molar-refractivity contribution in [3.8, 4) is 23.3 Å². The molecule has 0 fully saturated rings. The van der Waals surface area contributed by atoms with Gasteiger partial charge in [0, 0.05) is 11.8 Å². The minimum atomic E-state index is -0.525. The molecule has 2 amide bonds. The summed E-state index contributed by atoms with van der Waals surface area (Å²) in [7, 11) is 3.03. The van der Waals surface area contributed by atoms with E-state index >= 15 is 0 Å². The number of carbonyl (C=O) groups excluding carboxylic acids is 1. The van der Waals surface area contributed by atoms with Gasteiger partial charge in [-0.25, -0.2) is 19.2 Å². The van der Waals surface area contributed by atoms with Crippen LogP contribution >= 0.6 is 0 Å². The first-order valence-corrected chi connectivity index (χ1v) is 8.13. The van der Waals surface area contributed by atoms with Gasteiger partial charge in [-0.3, -0.25) is 0 Å². The number of hydrogen-bond donors (Lipinski definition) is 2. The molecule has 144 valence electrons. The van der Waals surface area contributed by atoms with E-state index in [1.807, 2.05) is 0 Å². The van der Waals surface area contributed by atoms with Gasteiger partial charge in [-0.1, -0.05) is 12.1 Å². The van der Waals surface area contributed by atoms with E-state index in [9.17, 15) is 9.18 Å². The van der Waals surface area contributed by atoms with Gasteiger partial charge in [0.25, 0.3) is 0 Å². The van der Waals surface area contributed by atoms with Crippen LogP contribution in [0.5, 0.6) is 23.3 Å². The summed E-state index contributed by atoms with van der Waals surface area (Å²) in [4.78, 5) is 20.0. The summed E-state index contributed by atoms with van der Waals surface area (Å²) in [6.07, 6.45) is 2.69. The summed E-state index contributed by atoms with van der Waals surface area (Å²) in [5, 5.41) is 5.24. The van der Waals surface area contributed by atoms with E-state index in [0.717, 1.165) is 0 Å². The third kappa shape index (κ3) is 4.64. The highest BCUT2D eigenvalue weighted by atomic mass is 19.1. The molecule has 3 aromatic rings. The van der Waals surface area contributed by atoms with E-state index in [0.29, 0.717) is 22.9 Å². The maximum Gasteiger partial charge on any atom is 0.323 e. The fraction of sp³-hybridized carbons (Fsp3) is 0.105. The molecule has 0 spiro atoms. The molecule has 9 heteroatoms. The number of nitrogens with one attached hydrogen (secondary N) is 2. The second-order valence-electron chi connectivity index (χ2n) is 5.44. The molecular formula is C19H17FN4O4. The predicted molar refractivity (Wildman–Crippen MR) is 101 cm³/mol. The van der Waals surface area contributed by atoms with Crippen molar-refractivity contribution in [2.24, 2.45) is 0 Å². The number of urea groups is 1. The SMILES string of the molecule is COc1ccc(NC(=O)Nc2cnc(Oc3ccccc3F)nc2)cc1OC. The smallest absolute Gasteiger partial charge is 0.323 e. The van der Waals surface area contributed by atoms with Crippen molar-refractivity contribution in [2.45, 2.75) is 0 Å². The van der Waals surface area contributed by atoms with Gasteiger partial charge in [0.2, 0.25) is 0 Å². The Hall–Kier alpha value is -3.88. The van der Waals surface area contributed by atoms with Crippen LogP contribution in [0, 0.1) is 5.82 Å². The summed E-state index contributed by atoms with van der Waals surface area (Å²) < 4.78 is 29.2. The fourth-order valence-corrected chi connectivity index (χ4v) is 2.27. The number of halogens is 1. The maximum atomic E-state index is 13.6. The summed E-state index contributed by atoms with van der Waals surface area (Å²) in [6.45, 7) is 0. The number of rotatable bonds is 6. The van der Waals surface area contributed by atoms with Crippen molar-refractivity contribution in [2.75, 3.05) is 24.9 Å². The molecule has 3 rings (SSSR count). The largest absolute Gasteiger partial charge is 0.493 e. The van der Waals surface area contributed by atoms with Crippen molar-refractivity contribution in [1.29, 1.82) is 0 Å². The van der Waals surface area contributed by atoms with Gasteiger partial charge in [-0.05, 0) is 24.3 Å². The molecule has 2 N–H and O–H groups in total. The van der Waals surface area contributed by atoms with Crippen LogP contribution in [-0.2, 0) is 0 Å². The van der Waals surface area contributed by atoms with E-state index in [1.165, 1.54) is 38.7 Å². The molecule has 8 nitrogen and oxygen atoms in total. The monoisotopic (exact) mass is 384 g/mol. The van der Waals surface area contributed by atoms with Crippen molar-refractivity contribution in [3.05, 3.63) is 60.7 Å². The number of methoxy groups -OCH3 is 2. The number of aromatic nitrogens is 2. The van der Waals surface area contributed by atoms with Crippen LogP contribution in [0.1, 0.15) is 0 Å². The molecule has 0 saturated heterocycles. The number of benzene rings is 2. The van der Waals surface area contributed by atoms with E-state index in [1.54, 1.807) is 30.3 Å². The topological polar surface area (TPSA) is 94.6 Å². The highest BCUT2D eigenvalue weighted by molar-refractivity contribution is 5.99. The number of nitrogens with zero attached hydrogens (tertiary/aromatic N) is 2. The van der Waals surface area contributed by atoms with Gasteiger partial charge < -0.3 is 24.8 Å². The predicted octanol–water partition coefficient (Wildman–Crippen LogP) is 4.07. The molecule has 0 radical (unpaired) electrons. The first kappa shape index (κ1) is 18.9. The van der Waals surface area contributed by atoms with Crippen LogP contribution in [0.15, 0.2) is 54.9 Å². The van der Waals surface area contributed by atoms with Crippen molar-refractivity contribution < 1.29 is 23.4 Å². The maximum absolute atomic E-state index is 13.6. The Balaban J connectivity index is 1.61. The Morgan fingerprint density at radius 3 is 2.25 bits per heavy atom. The van der Waals surface area contributed by atoms with Gasteiger partial charge in [0.1, 0.15) is 0 Å². The van der Waals surface area contributed by atoms with Gasteiger partial charge in [-0.2, -0.15) is 0 Å². The molecule has 1 heterocycles. The van der Waals surface area contributed by atoms with Gasteiger partial charge in [-0.15, -0.1) is 0 Å². The average Bonchev–Trinajstić information content (AvgIpc) is 2.71. The first-order valence-electron chi connectivity index (χ1n) is 8.13. The summed E-state index contributed by atoms with van der Waals surface area (Å²) in [6, 6.07) is 10.3. The van der Waals surface area contributed by atoms with Crippen LogP contribution in [-0.4, -0.2) is 30.2 Å². The number of ether oxygens (including phenoxy) is 3. The van der Waals surface area contributed by atoms with Crippen LogP contribution < -0.4 is 24.8 Å². The molecule has 0 aliphatic heterocycles. The molecule has 0 unspecified atom stereocenters.